The maximum Gasteiger partial charge on any atom is 0.220 e. The highest BCUT2D eigenvalue weighted by atomic mass is 16.3. The van der Waals surface area contributed by atoms with Gasteiger partial charge < -0.3 is 15.5 Å². The molecule has 0 aliphatic heterocycles. The first-order chi connectivity index (χ1) is 31.2. The number of unbranched alkanes of at least 4 members (excludes halogenated alkanes) is 39. The molecule has 0 saturated carbocycles. The Morgan fingerprint density at radius 2 is 0.651 bits per heavy atom. The van der Waals surface area contributed by atoms with Crippen LogP contribution >= 0.6 is 0 Å². The summed E-state index contributed by atoms with van der Waals surface area (Å²) in [6, 6.07) is -0.627. The highest BCUT2D eigenvalue weighted by molar-refractivity contribution is 5.76. The number of allylic oxidation sites excluding steroid dienone is 7. The predicted octanol–water partition coefficient (Wildman–Crippen LogP) is 18.6. The summed E-state index contributed by atoms with van der Waals surface area (Å²) in [5, 5.41) is 23.2. The summed E-state index contributed by atoms with van der Waals surface area (Å²) in [6.45, 7) is 4.32. The Labute approximate surface area is 394 Å². The van der Waals surface area contributed by atoms with Crippen LogP contribution in [0.3, 0.4) is 0 Å². The molecule has 0 aromatic rings. The summed E-state index contributed by atoms with van der Waals surface area (Å²) >= 11 is 0. The maximum absolute atomic E-state index is 12.5. The number of carbonyl (C=O) groups is 1. The first-order valence-corrected chi connectivity index (χ1v) is 28.4. The van der Waals surface area contributed by atoms with Crippen molar-refractivity contribution in [2.24, 2.45) is 0 Å². The number of hydrogen-bond acceptors (Lipinski definition) is 3. The van der Waals surface area contributed by atoms with Gasteiger partial charge in [0.15, 0.2) is 0 Å². The molecule has 1 amide bonds. The Kier molecular flexibility index (Phi) is 53.3. The molecule has 4 heteroatoms. The molecule has 3 N–H and O–H groups in total. The van der Waals surface area contributed by atoms with E-state index in [0.29, 0.717) is 6.42 Å². The third-order valence-electron chi connectivity index (χ3n) is 13.1. The second kappa shape index (κ2) is 54.7. The van der Waals surface area contributed by atoms with Gasteiger partial charge in [-0.2, -0.15) is 0 Å². The molecule has 4 nitrogen and oxygen atoms in total. The van der Waals surface area contributed by atoms with E-state index in [1.165, 1.54) is 244 Å². The zero-order valence-corrected chi connectivity index (χ0v) is 42.6. The fraction of sp³-hybridized carbons (Fsp3) is 0.847. The molecule has 0 aliphatic carbocycles. The Bertz CT molecular complexity index is 1000. The van der Waals surface area contributed by atoms with Gasteiger partial charge in [0.05, 0.1) is 18.8 Å². The lowest BCUT2D eigenvalue weighted by Gasteiger charge is -2.20. The van der Waals surface area contributed by atoms with Crippen molar-refractivity contribution in [3.8, 4) is 0 Å². The zero-order chi connectivity index (χ0) is 45.6. The van der Waals surface area contributed by atoms with E-state index in [0.717, 1.165) is 38.5 Å². The SMILES string of the molecule is CCCCCCC/C=C\C/C=C\C/C=C\CCCCCCCCCCCCC(=O)NC(CO)C(O)/C=C/CCCCCCCCCCCCCCCCCCCCCCCCCC. The number of aliphatic hydroxyl groups excluding tert-OH is 2. The van der Waals surface area contributed by atoms with Crippen LogP contribution in [-0.2, 0) is 4.79 Å². The second-order valence-corrected chi connectivity index (χ2v) is 19.4. The average Bonchev–Trinajstić information content (AvgIpc) is 3.29. The van der Waals surface area contributed by atoms with Gasteiger partial charge in [-0.1, -0.05) is 287 Å². The van der Waals surface area contributed by atoms with Crippen LogP contribution in [0.25, 0.3) is 0 Å². The topological polar surface area (TPSA) is 69.6 Å². The first kappa shape index (κ1) is 61.4. The Balaban J connectivity index is 3.51. The number of rotatable bonds is 52. The largest absolute Gasteiger partial charge is 0.394 e. The average molecular weight is 883 g/mol. The van der Waals surface area contributed by atoms with E-state index >= 15 is 0 Å². The highest BCUT2D eigenvalue weighted by Crippen LogP contribution is 2.17. The van der Waals surface area contributed by atoms with E-state index in [2.05, 4.69) is 55.6 Å². The summed E-state index contributed by atoms with van der Waals surface area (Å²) in [5.74, 6) is -0.0654. The van der Waals surface area contributed by atoms with E-state index in [1.807, 2.05) is 6.08 Å². The molecule has 0 fully saturated rings. The van der Waals surface area contributed by atoms with Crippen molar-refractivity contribution in [2.45, 2.75) is 315 Å². The van der Waals surface area contributed by atoms with Crippen LogP contribution < -0.4 is 5.32 Å². The fourth-order valence-electron chi connectivity index (χ4n) is 8.72. The minimum Gasteiger partial charge on any atom is -0.394 e. The van der Waals surface area contributed by atoms with Crippen molar-refractivity contribution in [3.05, 3.63) is 48.6 Å². The van der Waals surface area contributed by atoms with Gasteiger partial charge in [-0.05, 0) is 57.8 Å². The van der Waals surface area contributed by atoms with Gasteiger partial charge in [0.2, 0.25) is 5.91 Å². The standard InChI is InChI=1S/C59H111NO3/c1-3-5-7-9-11-13-15-17-19-21-23-25-27-29-31-32-34-36-38-40-42-44-46-48-50-52-54-58(62)57(56-61)60-59(63)55-53-51-49-47-45-43-41-39-37-35-33-30-28-26-24-22-20-18-16-14-12-10-8-6-4-2/h16,18,22,24,28,30,52,54,57-58,61-62H,3-15,17,19-21,23,25-27,29,31-51,53,55-56H2,1-2H3,(H,60,63)/b18-16-,24-22-,30-28-,54-52+. The van der Waals surface area contributed by atoms with E-state index in [-0.39, 0.29) is 12.5 Å². The molecule has 63 heavy (non-hydrogen) atoms. The summed E-state index contributed by atoms with van der Waals surface area (Å²) in [5.41, 5.74) is 0. The molecule has 0 aliphatic rings. The minimum atomic E-state index is -0.843. The lowest BCUT2D eigenvalue weighted by molar-refractivity contribution is -0.123. The van der Waals surface area contributed by atoms with Crippen molar-refractivity contribution in [1.29, 1.82) is 0 Å². The molecule has 0 aromatic heterocycles. The molecule has 0 spiro atoms. The van der Waals surface area contributed by atoms with E-state index < -0.39 is 12.1 Å². The lowest BCUT2D eigenvalue weighted by Crippen LogP contribution is -2.45. The molecule has 0 rings (SSSR count). The third kappa shape index (κ3) is 51.2. The predicted molar refractivity (Wildman–Crippen MR) is 281 cm³/mol. The van der Waals surface area contributed by atoms with Crippen LogP contribution in [0.15, 0.2) is 48.6 Å². The van der Waals surface area contributed by atoms with Gasteiger partial charge in [0.1, 0.15) is 0 Å². The van der Waals surface area contributed by atoms with E-state index in [9.17, 15) is 15.0 Å². The number of hydrogen-bond donors (Lipinski definition) is 3. The molecule has 370 valence electrons. The van der Waals surface area contributed by atoms with Crippen molar-refractivity contribution < 1.29 is 15.0 Å². The van der Waals surface area contributed by atoms with Crippen LogP contribution in [-0.4, -0.2) is 34.9 Å². The first-order valence-electron chi connectivity index (χ1n) is 28.4. The Morgan fingerprint density at radius 3 is 0.968 bits per heavy atom. The van der Waals surface area contributed by atoms with Crippen LogP contribution in [0.2, 0.25) is 0 Å². The normalized spacial score (nSPS) is 13.1. The van der Waals surface area contributed by atoms with E-state index in [4.69, 9.17) is 0 Å². The zero-order valence-electron chi connectivity index (χ0n) is 42.6. The summed E-state index contributed by atoms with van der Waals surface area (Å²) in [4.78, 5) is 12.5. The molecular formula is C59H111NO3. The minimum absolute atomic E-state index is 0.0654. The van der Waals surface area contributed by atoms with Gasteiger partial charge in [-0.3, -0.25) is 4.79 Å². The second-order valence-electron chi connectivity index (χ2n) is 19.4. The summed E-state index contributed by atoms with van der Waals surface area (Å²) < 4.78 is 0. The Hall–Kier alpha value is -1.65. The number of amides is 1. The molecule has 0 bridgehead atoms. The number of nitrogens with one attached hydrogen (secondary N) is 1. The quantitative estimate of drug-likeness (QED) is 0.0421. The summed E-state index contributed by atoms with van der Waals surface area (Å²) in [6.07, 6.45) is 75.5. The van der Waals surface area contributed by atoms with Gasteiger partial charge in [0, 0.05) is 6.42 Å². The maximum atomic E-state index is 12.5. The smallest absolute Gasteiger partial charge is 0.220 e. The van der Waals surface area contributed by atoms with Crippen molar-refractivity contribution in [2.75, 3.05) is 6.61 Å². The van der Waals surface area contributed by atoms with Crippen molar-refractivity contribution in [1.82, 2.24) is 5.32 Å². The lowest BCUT2D eigenvalue weighted by atomic mass is 10.0. The van der Waals surface area contributed by atoms with Crippen LogP contribution in [0.1, 0.15) is 303 Å². The fourth-order valence-corrected chi connectivity index (χ4v) is 8.72. The van der Waals surface area contributed by atoms with Crippen LogP contribution in [0.5, 0.6) is 0 Å². The van der Waals surface area contributed by atoms with Gasteiger partial charge >= 0.3 is 0 Å². The molecule has 0 aromatic carbocycles. The van der Waals surface area contributed by atoms with Crippen molar-refractivity contribution in [3.63, 3.8) is 0 Å². The molecular weight excluding hydrogens is 771 g/mol. The molecule has 0 saturated heterocycles. The monoisotopic (exact) mass is 882 g/mol. The highest BCUT2D eigenvalue weighted by Gasteiger charge is 2.18. The number of aliphatic hydroxyl groups is 2. The van der Waals surface area contributed by atoms with Crippen LogP contribution in [0.4, 0.5) is 0 Å². The van der Waals surface area contributed by atoms with E-state index in [1.54, 1.807) is 6.08 Å². The third-order valence-corrected chi connectivity index (χ3v) is 13.1. The molecule has 2 atom stereocenters. The van der Waals surface area contributed by atoms with Gasteiger partial charge in [-0.25, -0.2) is 0 Å². The van der Waals surface area contributed by atoms with Crippen molar-refractivity contribution >= 4 is 5.91 Å². The molecule has 0 heterocycles. The van der Waals surface area contributed by atoms with Gasteiger partial charge in [-0.15, -0.1) is 0 Å². The van der Waals surface area contributed by atoms with Gasteiger partial charge in [0.25, 0.3) is 0 Å². The molecule has 2 unspecified atom stereocenters. The molecule has 0 radical (unpaired) electrons. The number of carbonyl (C=O) groups excluding carboxylic acids is 1. The summed E-state index contributed by atoms with van der Waals surface area (Å²) in [7, 11) is 0. The Morgan fingerprint density at radius 1 is 0.381 bits per heavy atom. The van der Waals surface area contributed by atoms with Crippen LogP contribution in [0, 0.1) is 0 Å².